The van der Waals surface area contributed by atoms with Crippen LogP contribution >= 0.6 is 15.9 Å². The number of nitrogens with one attached hydrogen (secondary N) is 1. The Kier molecular flexibility index (Phi) is 6.95. The first-order chi connectivity index (χ1) is 14.7. The highest BCUT2D eigenvalue weighted by molar-refractivity contribution is 9.10. The smallest absolute Gasteiger partial charge is 0.238 e. The van der Waals surface area contributed by atoms with Crippen molar-refractivity contribution in [2.45, 2.75) is 6.04 Å². The average Bonchev–Trinajstić information content (AvgIpc) is 2.78. The molecule has 0 bridgehead atoms. The molecule has 0 radical (unpaired) electrons. The lowest BCUT2D eigenvalue weighted by Crippen LogP contribution is -2.49. The molecule has 1 N–H and O–H groups in total. The largest absolute Gasteiger partial charge is 0.325 e. The Hall–Kier alpha value is -2.47. The van der Waals surface area contributed by atoms with Crippen LogP contribution in [0.1, 0.15) is 17.2 Å². The lowest BCUT2D eigenvalue weighted by molar-refractivity contribution is -0.117. The number of amides is 1. The maximum Gasteiger partial charge on any atom is 0.238 e. The molecule has 3 aromatic carbocycles. The fourth-order valence-electron chi connectivity index (χ4n) is 4.00. The van der Waals surface area contributed by atoms with Crippen molar-refractivity contribution in [2.75, 3.05) is 38.0 Å². The third-order valence-electron chi connectivity index (χ3n) is 5.50. The molecule has 1 aliphatic heterocycles. The van der Waals surface area contributed by atoms with Gasteiger partial charge in [-0.05, 0) is 35.4 Å². The predicted octanol–water partition coefficient (Wildman–Crippen LogP) is 4.79. The van der Waals surface area contributed by atoms with E-state index in [1.165, 1.54) is 11.1 Å². The third kappa shape index (κ3) is 5.36. The molecule has 4 rings (SSSR count). The number of piperazine rings is 1. The number of rotatable bonds is 6. The molecule has 5 heteroatoms. The first-order valence-corrected chi connectivity index (χ1v) is 11.1. The summed E-state index contributed by atoms with van der Waals surface area (Å²) in [6.45, 7) is 4.04. The number of hydrogen-bond donors (Lipinski definition) is 1. The molecule has 0 atom stereocenters. The minimum Gasteiger partial charge on any atom is -0.325 e. The highest BCUT2D eigenvalue weighted by Gasteiger charge is 2.26. The van der Waals surface area contributed by atoms with Crippen molar-refractivity contribution in [3.05, 3.63) is 101 Å². The Morgan fingerprint density at radius 3 is 1.87 bits per heavy atom. The van der Waals surface area contributed by atoms with Gasteiger partial charge in [0.15, 0.2) is 0 Å². The maximum atomic E-state index is 12.4. The monoisotopic (exact) mass is 463 g/mol. The van der Waals surface area contributed by atoms with E-state index in [1.807, 2.05) is 24.3 Å². The molecule has 0 aromatic heterocycles. The molecule has 154 valence electrons. The van der Waals surface area contributed by atoms with Gasteiger partial charge < -0.3 is 5.32 Å². The average molecular weight is 464 g/mol. The summed E-state index contributed by atoms with van der Waals surface area (Å²) in [5, 5.41) is 2.99. The van der Waals surface area contributed by atoms with Gasteiger partial charge in [-0.1, -0.05) is 76.6 Å². The first-order valence-electron chi connectivity index (χ1n) is 10.3. The molecule has 1 heterocycles. The minimum absolute atomic E-state index is 0.0356. The van der Waals surface area contributed by atoms with E-state index in [2.05, 4.69) is 91.7 Å². The van der Waals surface area contributed by atoms with E-state index in [4.69, 9.17) is 0 Å². The maximum absolute atomic E-state index is 12.4. The van der Waals surface area contributed by atoms with Gasteiger partial charge in [-0.3, -0.25) is 14.6 Å². The standard InChI is InChI=1S/C25H26BrN3O/c26-22-11-13-23(14-12-22)27-24(30)19-28-15-17-29(18-16-28)25(20-7-3-1-4-8-20)21-9-5-2-6-10-21/h1-14,25H,15-19H2,(H,27,30). The molecule has 1 aliphatic rings. The Morgan fingerprint density at radius 2 is 1.33 bits per heavy atom. The number of hydrogen-bond acceptors (Lipinski definition) is 3. The first kappa shape index (κ1) is 20.8. The number of anilines is 1. The van der Waals surface area contributed by atoms with E-state index in [9.17, 15) is 4.79 Å². The second-order valence-corrected chi connectivity index (χ2v) is 8.51. The highest BCUT2D eigenvalue weighted by Crippen LogP contribution is 2.29. The van der Waals surface area contributed by atoms with Crippen LogP contribution in [-0.2, 0) is 4.79 Å². The van der Waals surface area contributed by atoms with Crippen LogP contribution < -0.4 is 5.32 Å². The molecule has 30 heavy (non-hydrogen) atoms. The van der Waals surface area contributed by atoms with E-state index in [0.29, 0.717) is 6.54 Å². The van der Waals surface area contributed by atoms with Crippen LogP contribution in [-0.4, -0.2) is 48.4 Å². The van der Waals surface area contributed by atoms with Crippen molar-refractivity contribution in [1.82, 2.24) is 9.80 Å². The lowest BCUT2D eigenvalue weighted by Gasteiger charge is -2.39. The van der Waals surface area contributed by atoms with Crippen molar-refractivity contribution in [3.63, 3.8) is 0 Å². The second-order valence-electron chi connectivity index (χ2n) is 7.59. The van der Waals surface area contributed by atoms with Gasteiger partial charge in [-0.25, -0.2) is 0 Å². The van der Waals surface area contributed by atoms with Gasteiger partial charge in [0.05, 0.1) is 12.6 Å². The number of carbonyl (C=O) groups excluding carboxylic acids is 1. The summed E-state index contributed by atoms with van der Waals surface area (Å²) in [6.07, 6.45) is 0. The predicted molar refractivity (Wildman–Crippen MR) is 126 cm³/mol. The summed E-state index contributed by atoms with van der Waals surface area (Å²) in [7, 11) is 0. The van der Waals surface area contributed by atoms with E-state index in [1.54, 1.807) is 0 Å². The molecule has 1 saturated heterocycles. The zero-order valence-electron chi connectivity index (χ0n) is 16.9. The summed E-state index contributed by atoms with van der Waals surface area (Å²) in [4.78, 5) is 17.2. The summed E-state index contributed by atoms with van der Waals surface area (Å²) < 4.78 is 1.00. The summed E-state index contributed by atoms with van der Waals surface area (Å²) in [5.74, 6) is 0.0356. The molecule has 0 saturated carbocycles. The summed E-state index contributed by atoms with van der Waals surface area (Å²) in [6, 6.07) is 29.3. The van der Waals surface area contributed by atoms with E-state index in [-0.39, 0.29) is 11.9 Å². The summed E-state index contributed by atoms with van der Waals surface area (Å²) >= 11 is 3.42. The van der Waals surface area contributed by atoms with Gasteiger partial charge in [-0.15, -0.1) is 0 Å². The zero-order chi connectivity index (χ0) is 20.8. The van der Waals surface area contributed by atoms with Crippen LogP contribution in [0.15, 0.2) is 89.4 Å². The fraction of sp³-hybridized carbons (Fsp3) is 0.240. The van der Waals surface area contributed by atoms with E-state index in [0.717, 1.165) is 36.3 Å². The van der Waals surface area contributed by atoms with Crippen LogP contribution in [0.4, 0.5) is 5.69 Å². The summed E-state index contributed by atoms with van der Waals surface area (Å²) in [5.41, 5.74) is 3.45. The molecule has 1 amide bonds. The molecule has 0 aliphatic carbocycles. The van der Waals surface area contributed by atoms with Gasteiger partial charge in [-0.2, -0.15) is 0 Å². The number of halogens is 1. The normalized spacial score (nSPS) is 15.3. The van der Waals surface area contributed by atoms with Crippen LogP contribution in [0.5, 0.6) is 0 Å². The Morgan fingerprint density at radius 1 is 0.800 bits per heavy atom. The Balaban J connectivity index is 1.37. The van der Waals surface area contributed by atoms with Gasteiger partial charge >= 0.3 is 0 Å². The molecular weight excluding hydrogens is 438 g/mol. The van der Waals surface area contributed by atoms with Crippen molar-refractivity contribution in [1.29, 1.82) is 0 Å². The van der Waals surface area contributed by atoms with E-state index >= 15 is 0 Å². The van der Waals surface area contributed by atoms with Gasteiger partial charge in [0.1, 0.15) is 0 Å². The molecule has 4 nitrogen and oxygen atoms in total. The zero-order valence-corrected chi connectivity index (χ0v) is 18.5. The van der Waals surface area contributed by atoms with Crippen molar-refractivity contribution in [2.24, 2.45) is 0 Å². The van der Waals surface area contributed by atoms with Crippen LogP contribution in [0.2, 0.25) is 0 Å². The van der Waals surface area contributed by atoms with E-state index < -0.39 is 0 Å². The van der Waals surface area contributed by atoms with Crippen LogP contribution in [0.3, 0.4) is 0 Å². The number of benzene rings is 3. The van der Waals surface area contributed by atoms with Gasteiger partial charge in [0.2, 0.25) is 5.91 Å². The fourth-order valence-corrected chi connectivity index (χ4v) is 4.27. The number of nitrogens with zero attached hydrogens (tertiary/aromatic N) is 2. The minimum atomic E-state index is 0.0356. The van der Waals surface area contributed by atoms with Crippen LogP contribution in [0.25, 0.3) is 0 Å². The molecule has 0 unspecified atom stereocenters. The Bertz CT molecular complexity index is 900. The second kappa shape index (κ2) is 10.0. The van der Waals surface area contributed by atoms with Crippen molar-refractivity contribution >= 4 is 27.5 Å². The molecular formula is C25H26BrN3O. The van der Waals surface area contributed by atoms with Crippen molar-refractivity contribution in [3.8, 4) is 0 Å². The molecule has 1 fully saturated rings. The van der Waals surface area contributed by atoms with Gasteiger partial charge in [0.25, 0.3) is 0 Å². The molecule has 3 aromatic rings. The molecule has 0 spiro atoms. The topological polar surface area (TPSA) is 35.6 Å². The third-order valence-corrected chi connectivity index (χ3v) is 6.03. The van der Waals surface area contributed by atoms with Crippen molar-refractivity contribution < 1.29 is 4.79 Å². The highest BCUT2D eigenvalue weighted by atomic mass is 79.9. The Labute approximate surface area is 186 Å². The quantitative estimate of drug-likeness (QED) is 0.570. The lowest BCUT2D eigenvalue weighted by atomic mass is 9.96. The SMILES string of the molecule is O=C(CN1CCN(C(c2ccccc2)c2ccccc2)CC1)Nc1ccc(Br)cc1. The van der Waals surface area contributed by atoms with Gasteiger partial charge in [0, 0.05) is 36.3 Å². The number of carbonyl (C=O) groups is 1. The van der Waals surface area contributed by atoms with Crippen LogP contribution in [0, 0.1) is 0 Å².